The zero-order valence-corrected chi connectivity index (χ0v) is 11.4. The van der Waals surface area contributed by atoms with Gasteiger partial charge in [-0.2, -0.15) is 31.4 Å². The van der Waals surface area contributed by atoms with Crippen molar-refractivity contribution in [3.05, 3.63) is 11.8 Å². The van der Waals surface area contributed by atoms with Crippen LogP contribution in [0.15, 0.2) is 6.07 Å². The Morgan fingerprint density at radius 3 is 2.32 bits per heavy atom. The predicted molar refractivity (Wildman–Crippen MR) is 63.9 cm³/mol. The molecule has 0 aliphatic rings. The largest absolute Gasteiger partial charge is 0.402 e. The van der Waals surface area contributed by atoms with Gasteiger partial charge in [-0.05, 0) is 0 Å². The predicted octanol–water partition coefficient (Wildman–Crippen LogP) is 1.52. The van der Waals surface area contributed by atoms with E-state index in [1.54, 1.807) is 0 Å². The molecule has 0 saturated heterocycles. The lowest BCUT2D eigenvalue weighted by Crippen LogP contribution is -2.37. The molecule has 10 heteroatoms. The van der Waals surface area contributed by atoms with Crippen LogP contribution in [0.25, 0.3) is 0 Å². The summed E-state index contributed by atoms with van der Waals surface area (Å²) >= 11 is 0. The topological polar surface area (TPSA) is 86.9 Å². The van der Waals surface area contributed by atoms with E-state index in [-0.39, 0.29) is 11.2 Å². The van der Waals surface area contributed by atoms with Crippen LogP contribution in [0.3, 0.4) is 0 Å². The van der Waals surface area contributed by atoms with Crippen molar-refractivity contribution in [2.75, 3.05) is 11.3 Å². The lowest BCUT2D eigenvalue weighted by atomic mass is 9.92. The van der Waals surface area contributed by atoms with Gasteiger partial charge < -0.3 is 0 Å². The highest BCUT2D eigenvalue weighted by atomic mass is 32.2. The molecular weight excluding hydrogens is 285 g/mol. The summed E-state index contributed by atoms with van der Waals surface area (Å²) in [6.45, 7) is 3.99. The third-order valence-corrected chi connectivity index (χ3v) is 3.09. The molecule has 1 heterocycles. The van der Waals surface area contributed by atoms with Crippen molar-refractivity contribution in [3.63, 3.8) is 0 Å². The summed E-state index contributed by atoms with van der Waals surface area (Å²) in [6.07, 6.45) is -4.61. The molecule has 0 bridgehead atoms. The van der Waals surface area contributed by atoms with E-state index in [9.17, 15) is 21.6 Å². The van der Waals surface area contributed by atoms with Crippen molar-refractivity contribution in [3.8, 4) is 0 Å². The van der Waals surface area contributed by atoms with Gasteiger partial charge in [0.05, 0.1) is 0 Å². The van der Waals surface area contributed by atoms with E-state index < -0.39 is 22.9 Å². The lowest BCUT2D eigenvalue weighted by Gasteiger charge is -2.14. The molecule has 0 amide bonds. The molecule has 0 fully saturated rings. The minimum absolute atomic E-state index is 0.0698. The van der Waals surface area contributed by atoms with Crippen molar-refractivity contribution >= 4 is 16.0 Å². The lowest BCUT2D eigenvalue weighted by molar-refractivity contribution is -0.121. The van der Waals surface area contributed by atoms with Gasteiger partial charge >= 0.3 is 16.4 Å². The number of rotatable bonds is 4. The Hall–Kier alpha value is -1.29. The summed E-state index contributed by atoms with van der Waals surface area (Å²) in [5.41, 5.74) is 0.372. The van der Waals surface area contributed by atoms with E-state index in [4.69, 9.17) is 0 Å². The van der Waals surface area contributed by atoms with Crippen LogP contribution in [0, 0.1) is 0 Å². The number of H-pyrrole nitrogens is 1. The van der Waals surface area contributed by atoms with Gasteiger partial charge in [-0.1, -0.05) is 20.8 Å². The number of halogens is 3. The van der Waals surface area contributed by atoms with Gasteiger partial charge in [0.15, 0.2) is 5.82 Å². The fraction of sp³-hybridized carbons (Fsp3) is 0.667. The number of alkyl halides is 3. The smallest absolute Gasteiger partial charge is 0.280 e. The molecule has 0 saturated carbocycles. The second kappa shape index (κ2) is 5.00. The molecule has 0 aliphatic carbocycles. The summed E-state index contributed by atoms with van der Waals surface area (Å²) in [4.78, 5) is 0. The summed E-state index contributed by atoms with van der Waals surface area (Å²) in [6, 6.07) is 1.42. The molecule has 1 rings (SSSR count). The van der Waals surface area contributed by atoms with Crippen LogP contribution < -0.4 is 9.44 Å². The van der Waals surface area contributed by atoms with Gasteiger partial charge in [0.25, 0.3) is 0 Å². The molecule has 6 nitrogen and oxygen atoms in total. The number of anilines is 1. The van der Waals surface area contributed by atoms with E-state index in [2.05, 4.69) is 10.2 Å². The number of aromatic nitrogens is 2. The quantitative estimate of drug-likeness (QED) is 0.788. The maximum Gasteiger partial charge on any atom is 0.402 e. The first-order valence-corrected chi connectivity index (χ1v) is 6.77. The molecule has 110 valence electrons. The Morgan fingerprint density at radius 1 is 1.32 bits per heavy atom. The third-order valence-electron chi connectivity index (χ3n) is 2.09. The maximum absolute atomic E-state index is 11.9. The average Bonchev–Trinajstić information content (AvgIpc) is 2.61. The van der Waals surface area contributed by atoms with Crippen LogP contribution in [0.2, 0.25) is 0 Å². The SMILES string of the molecule is CC(C)(C)c1cc(NS(=O)(=O)NCC(F)(F)F)n[nH]1. The van der Waals surface area contributed by atoms with Gasteiger partial charge in [0, 0.05) is 17.2 Å². The van der Waals surface area contributed by atoms with Gasteiger partial charge in [-0.15, -0.1) is 0 Å². The van der Waals surface area contributed by atoms with E-state index in [0.717, 1.165) is 0 Å². The van der Waals surface area contributed by atoms with Gasteiger partial charge in [-0.25, -0.2) is 0 Å². The van der Waals surface area contributed by atoms with E-state index in [0.29, 0.717) is 5.69 Å². The van der Waals surface area contributed by atoms with Gasteiger partial charge in [0.2, 0.25) is 0 Å². The second-order valence-electron chi connectivity index (χ2n) is 4.96. The first kappa shape index (κ1) is 15.8. The van der Waals surface area contributed by atoms with Gasteiger partial charge in [0.1, 0.15) is 6.54 Å². The molecule has 19 heavy (non-hydrogen) atoms. The van der Waals surface area contributed by atoms with Crippen LogP contribution in [0.1, 0.15) is 26.5 Å². The molecule has 3 N–H and O–H groups in total. The Morgan fingerprint density at radius 2 is 1.89 bits per heavy atom. The highest BCUT2D eigenvalue weighted by Gasteiger charge is 2.29. The highest BCUT2D eigenvalue weighted by molar-refractivity contribution is 7.90. The molecule has 0 aromatic carbocycles. The summed E-state index contributed by atoms with van der Waals surface area (Å²) < 4.78 is 61.7. The first-order valence-electron chi connectivity index (χ1n) is 5.29. The maximum atomic E-state index is 11.9. The Kier molecular flexibility index (Phi) is 4.15. The molecular formula is C9H15F3N4O2S. The zero-order valence-electron chi connectivity index (χ0n) is 10.6. The van der Waals surface area contributed by atoms with Crippen molar-refractivity contribution in [1.29, 1.82) is 0 Å². The summed E-state index contributed by atoms with van der Waals surface area (Å²) in [7, 11) is -4.30. The molecule has 1 aromatic rings. The summed E-state index contributed by atoms with van der Waals surface area (Å²) in [5, 5.41) is 6.29. The standard InChI is InChI=1S/C9H15F3N4O2S/c1-8(2,3)6-4-7(15-14-6)16-19(17,18)13-5-9(10,11)12/h4,13H,5H2,1-3H3,(H2,14,15,16). The summed E-state index contributed by atoms with van der Waals surface area (Å²) in [5.74, 6) is -0.0698. The van der Waals surface area contributed by atoms with Crippen LogP contribution in [-0.4, -0.2) is 31.3 Å². The third kappa shape index (κ3) is 5.47. The minimum Gasteiger partial charge on any atom is -0.280 e. The Labute approximate surface area is 109 Å². The molecule has 1 aromatic heterocycles. The average molecular weight is 300 g/mol. The second-order valence-corrected chi connectivity index (χ2v) is 6.46. The van der Waals surface area contributed by atoms with Crippen LogP contribution in [0.4, 0.5) is 19.0 Å². The van der Waals surface area contributed by atoms with Crippen molar-refractivity contribution in [1.82, 2.24) is 14.9 Å². The highest BCUT2D eigenvalue weighted by Crippen LogP contribution is 2.22. The van der Waals surface area contributed by atoms with Gasteiger partial charge in [-0.3, -0.25) is 9.82 Å². The fourth-order valence-corrected chi connectivity index (χ4v) is 1.91. The van der Waals surface area contributed by atoms with Crippen molar-refractivity contribution in [2.24, 2.45) is 0 Å². The van der Waals surface area contributed by atoms with E-state index in [1.807, 2.05) is 25.5 Å². The monoisotopic (exact) mass is 300 g/mol. The van der Waals surface area contributed by atoms with E-state index in [1.165, 1.54) is 10.8 Å². The number of hydrogen-bond donors (Lipinski definition) is 3. The van der Waals surface area contributed by atoms with Crippen molar-refractivity contribution in [2.45, 2.75) is 32.4 Å². The zero-order chi connectivity index (χ0) is 14.9. The van der Waals surface area contributed by atoms with Crippen LogP contribution >= 0.6 is 0 Å². The van der Waals surface area contributed by atoms with E-state index >= 15 is 0 Å². The number of nitrogens with one attached hydrogen (secondary N) is 3. The molecule has 0 radical (unpaired) electrons. The molecule has 0 unspecified atom stereocenters. The Balaban J connectivity index is 2.71. The van der Waals surface area contributed by atoms with Crippen LogP contribution in [-0.2, 0) is 15.6 Å². The van der Waals surface area contributed by atoms with Crippen LogP contribution in [0.5, 0.6) is 0 Å². The number of hydrogen-bond acceptors (Lipinski definition) is 3. The minimum atomic E-state index is -4.61. The number of nitrogens with zero attached hydrogens (tertiary/aromatic N) is 1. The number of aromatic amines is 1. The Bertz CT molecular complexity index is 530. The fourth-order valence-electron chi connectivity index (χ4n) is 1.11. The first-order chi connectivity index (χ1) is 8.39. The van der Waals surface area contributed by atoms with Crippen molar-refractivity contribution < 1.29 is 21.6 Å². The molecule has 0 atom stereocenters. The molecule has 0 aliphatic heterocycles. The normalized spacial score (nSPS) is 13.6. The molecule has 0 spiro atoms.